The van der Waals surface area contributed by atoms with Gasteiger partial charge in [-0.2, -0.15) is 14.7 Å². The van der Waals surface area contributed by atoms with Crippen LogP contribution < -0.4 is 11.1 Å². The number of nitrogens with zero attached hydrogens (tertiary/aromatic N) is 5. The molecule has 0 amide bonds. The van der Waals surface area contributed by atoms with Crippen molar-refractivity contribution in [2.75, 3.05) is 18.8 Å². The van der Waals surface area contributed by atoms with Crippen molar-refractivity contribution in [3.63, 3.8) is 0 Å². The van der Waals surface area contributed by atoms with Gasteiger partial charge in [0, 0.05) is 36.1 Å². The molecule has 7 nitrogen and oxygen atoms in total. The smallest absolute Gasteiger partial charge is 0.165 e. The Morgan fingerprint density at radius 3 is 2.64 bits per heavy atom. The molecule has 134 valence electrons. The third-order valence-corrected chi connectivity index (χ3v) is 4.52. The van der Waals surface area contributed by atoms with E-state index in [9.17, 15) is 0 Å². The summed E-state index contributed by atoms with van der Waals surface area (Å²) in [5.74, 6) is 1.31. The predicted octanol–water partition coefficient (Wildman–Crippen LogP) is 2.28. The molecule has 1 saturated heterocycles. The molecule has 1 aliphatic rings. The Morgan fingerprint density at radius 1 is 1.20 bits per heavy atom. The largest absolute Gasteiger partial charge is 0.384 e. The number of nitrogens with two attached hydrogens (primary N) is 1. The average molecular weight is 341 g/mol. The summed E-state index contributed by atoms with van der Waals surface area (Å²) in [6.07, 6.45) is 8.97. The first-order chi connectivity index (χ1) is 12.2. The lowest BCUT2D eigenvalue weighted by Crippen LogP contribution is -2.28. The molecule has 25 heavy (non-hydrogen) atoms. The SMILES string of the molecule is CC.Cn1cc(-c2cnn3c(N)cc(CC4CCNCC4)nc23)cn1. The molecule has 4 rings (SSSR count). The summed E-state index contributed by atoms with van der Waals surface area (Å²) in [5.41, 5.74) is 10.0. The molecule has 0 atom stereocenters. The topological polar surface area (TPSA) is 86.1 Å². The van der Waals surface area contributed by atoms with E-state index in [2.05, 4.69) is 15.5 Å². The van der Waals surface area contributed by atoms with Crippen molar-refractivity contribution < 1.29 is 0 Å². The van der Waals surface area contributed by atoms with Crippen LogP contribution in [0.2, 0.25) is 0 Å². The summed E-state index contributed by atoms with van der Waals surface area (Å²) < 4.78 is 3.48. The Morgan fingerprint density at radius 2 is 1.96 bits per heavy atom. The predicted molar refractivity (Wildman–Crippen MR) is 100 cm³/mol. The molecule has 0 saturated carbocycles. The Hall–Kier alpha value is -2.41. The fourth-order valence-corrected chi connectivity index (χ4v) is 3.29. The second-order valence-electron chi connectivity index (χ2n) is 6.27. The van der Waals surface area contributed by atoms with Crippen LogP contribution in [-0.2, 0) is 13.5 Å². The molecule has 0 aromatic carbocycles. The maximum atomic E-state index is 6.19. The van der Waals surface area contributed by atoms with Gasteiger partial charge in [-0.05, 0) is 38.3 Å². The van der Waals surface area contributed by atoms with E-state index in [4.69, 9.17) is 10.7 Å². The quantitative estimate of drug-likeness (QED) is 0.763. The maximum absolute atomic E-state index is 6.19. The van der Waals surface area contributed by atoms with Crippen molar-refractivity contribution in [3.8, 4) is 11.1 Å². The zero-order valence-corrected chi connectivity index (χ0v) is 15.2. The van der Waals surface area contributed by atoms with Crippen molar-refractivity contribution in [1.82, 2.24) is 29.7 Å². The number of piperidine rings is 1. The Bertz CT molecular complexity index is 827. The minimum absolute atomic E-state index is 0.633. The summed E-state index contributed by atoms with van der Waals surface area (Å²) in [7, 11) is 1.90. The van der Waals surface area contributed by atoms with Crippen molar-refractivity contribution in [2.24, 2.45) is 13.0 Å². The van der Waals surface area contributed by atoms with E-state index in [0.717, 1.165) is 42.0 Å². The molecular formula is C18H27N7. The van der Waals surface area contributed by atoms with Crippen molar-refractivity contribution in [3.05, 3.63) is 30.4 Å². The number of anilines is 1. The first-order valence-corrected chi connectivity index (χ1v) is 9.03. The lowest BCUT2D eigenvalue weighted by atomic mass is 9.93. The van der Waals surface area contributed by atoms with E-state index in [0.29, 0.717) is 11.7 Å². The van der Waals surface area contributed by atoms with Crippen LogP contribution in [0.4, 0.5) is 5.82 Å². The molecule has 0 unspecified atom stereocenters. The van der Waals surface area contributed by atoms with Crippen LogP contribution >= 0.6 is 0 Å². The van der Waals surface area contributed by atoms with Gasteiger partial charge in [0.05, 0.1) is 12.4 Å². The van der Waals surface area contributed by atoms with Gasteiger partial charge in [-0.1, -0.05) is 13.8 Å². The van der Waals surface area contributed by atoms with E-state index in [-0.39, 0.29) is 0 Å². The van der Waals surface area contributed by atoms with Crippen molar-refractivity contribution in [2.45, 2.75) is 33.1 Å². The van der Waals surface area contributed by atoms with Gasteiger partial charge in [-0.3, -0.25) is 4.68 Å². The highest BCUT2D eigenvalue weighted by atomic mass is 15.3. The molecule has 3 aromatic rings. The summed E-state index contributed by atoms with van der Waals surface area (Å²) in [4.78, 5) is 4.84. The number of nitrogens with one attached hydrogen (secondary N) is 1. The molecule has 4 heterocycles. The number of fused-ring (bicyclic) bond motifs is 1. The van der Waals surface area contributed by atoms with Crippen LogP contribution in [0.3, 0.4) is 0 Å². The number of aryl methyl sites for hydroxylation is 1. The van der Waals surface area contributed by atoms with E-state index >= 15 is 0 Å². The Labute approximate surface area is 148 Å². The van der Waals surface area contributed by atoms with Crippen molar-refractivity contribution in [1.29, 1.82) is 0 Å². The normalized spacial score (nSPS) is 15.2. The van der Waals surface area contributed by atoms with Gasteiger partial charge in [0.25, 0.3) is 0 Å². The Balaban J connectivity index is 0.000000880. The van der Waals surface area contributed by atoms with E-state index in [1.165, 1.54) is 12.8 Å². The van der Waals surface area contributed by atoms with E-state index in [1.54, 1.807) is 9.20 Å². The molecule has 0 spiro atoms. The second-order valence-corrected chi connectivity index (χ2v) is 6.27. The summed E-state index contributed by atoms with van der Waals surface area (Å²) >= 11 is 0. The minimum Gasteiger partial charge on any atom is -0.384 e. The molecule has 0 radical (unpaired) electrons. The molecule has 3 aromatic heterocycles. The molecule has 1 fully saturated rings. The lowest BCUT2D eigenvalue weighted by Gasteiger charge is -2.22. The minimum atomic E-state index is 0.633. The molecule has 0 aliphatic carbocycles. The molecule has 0 bridgehead atoms. The van der Waals surface area contributed by atoms with Gasteiger partial charge in [0.1, 0.15) is 5.82 Å². The highest BCUT2D eigenvalue weighted by Gasteiger charge is 2.17. The third kappa shape index (κ3) is 3.66. The van der Waals surface area contributed by atoms with Crippen LogP contribution in [-0.4, -0.2) is 37.5 Å². The van der Waals surface area contributed by atoms with Crippen molar-refractivity contribution >= 4 is 11.5 Å². The van der Waals surface area contributed by atoms with Gasteiger partial charge in [0.2, 0.25) is 0 Å². The fourth-order valence-electron chi connectivity index (χ4n) is 3.29. The number of nitrogen functional groups attached to an aromatic ring is 1. The summed E-state index contributed by atoms with van der Waals surface area (Å²) in [6.45, 7) is 6.19. The second kappa shape index (κ2) is 7.65. The van der Waals surface area contributed by atoms with Gasteiger partial charge in [0.15, 0.2) is 5.65 Å². The lowest BCUT2D eigenvalue weighted by molar-refractivity contribution is 0.370. The van der Waals surface area contributed by atoms with Gasteiger partial charge in [-0.25, -0.2) is 4.98 Å². The average Bonchev–Trinajstić information content (AvgIpc) is 3.24. The first kappa shape index (κ1) is 17.4. The van der Waals surface area contributed by atoms with Gasteiger partial charge >= 0.3 is 0 Å². The van der Waals surface area contributed by atoms with Crippen LogP contribution in [0.5, 0.6) is 0 Å². The van der Waals surface area contributed by atoms with Crippen LogP contribution in [0.15, 0.2) is 24.7 Å². The maximum Gasteiger partial charge on any atom is 0.165 e. The number of aromatic nitrogens is 5. The standard InChI is InChI=1S/C16H21N7.C2H6/c1-22-10-12(8-19-22)14-9-20-23-15(17)7-13(21-16(14)23)6-11-2-4-18-5-3-11;1-2/h7-11,18H,2-6,17H2,1H3;1-2H3. The summed E-state index contributed by atoms with van der Waals surface area (Å²) in [5, 5.41) is 12.0. The molecule has 7 heteroatoms. The zero-order chi connectivity index (χ0) is 17.8. The first-order valence-electron chi connectivity index (χ1n) is 9.03. The van der Waals surface area contributed by atoms with Gasteiger partial charge < -0.3 is 11.1 Å². The monoisotopic (exact) mass is 341 g/mol. The molecular weight excluding hydrogens is 314 g/mol. The Kier molecular flexibility index (Phi) is 5.33. The van der Waals surface area contributed by atoms with Crippen LogP contribution in [0.25, 0.3) is 16.8 Å². The van der Waals surface area contributed by atoms with Crippen LogP contribution in [0, 0.1) is 5.92 Å². The highest BCUT2D eigenvalue weighted by Crippen LogP contribution is 2.26. The fraction of sp³-hybridized carbons (Fsp3) is 0.500. The zero-order valence-electron chi connectivity index (χ0n) is 15.2. The highest BCUT2D eigenvalue weighted by molar-refractivity contribution is 5.77. The third-order valence-electron chi connectivity index (χ3n) is 4.52. The molecule has 3 N–H and O–H groups in total. The van der Waals surface area contributed by atoms with Crippen LogP contribution in [0.1, 0.15) is 32.4 Å². The number of rotatable bonds is 3. The number of hydrogen-bond acceptors (Lipinski definition) is 5. The number of hydrogen-bond donors (Lipinski definition) is 2. The van der Waals surface area contributed by atoms with Gasteiger partial charge in [-0.15, -0.1) is 0 Å². The summed E-state index contributed by atoms with van der Waals surface area (Å²) in [6, 6.07) is 1.95. The molecule has 1 aliphatic heterocycles. The van der Waals surface area contributed by atoms with E-state index in [1.807, 2.05) is 45.6 Å². The van der Waals surface area contributed by atoms with E-state index < -0.39 is 0 Å².